The van der Waals surface area contributed by atoms with Crippen molar-refractivity contribution in [2.24, 2.45) is 0 Å². The summed E-state index contributed by atoms with van der Waals surface area (Å²) in [5, 5.41) is 3.34. The average molecular weight is 356 g/mol. The smallest absolute Gasteiger partial charge is 0.326 e. The van der Waals surface area contributed by atoms with Crippen LogP contribution in [-0.4, -0.2) is 37.9 Å². The summed E-state index contributed by atoms with van der Waals surface area (Å²) in [6.07, 6.45) is 2.91. The van der Waals surface area contributed by atoms with E-state index in [9.17, 15) is 4.79 Å². The Kier molecular flexibility index (Phi) is 5.79. The van der Waals surface area contributed by atoms with E-state index in [1.807, 2.05) is 31.2 Å². The highest BCUT2D eigenvalue weighted by Gasteiger charge is 2.35. The summed E-state index contributed by atoms with van der Waals surface area (Å²) in [7, 11) is 1.43. The van der Waals surface area contributed by atoms with Gasteiger partial charge in [-0.2, -0.15) is 0 Å². The molecule has 1 saturated heterocycles. The van der Waals surface area contributed by atoms with Gasteiger partial charge in [0.1, 0.15) is 5.54 Å². The number of hydrogen-bond donors (Lipinski definition) is 1. The Bertz CT molecular complexity index is 471. The van der Waals surface area contributed by atoms with Crippen LogP contribution in [0.25, 0.3) is 0 Å². The van der Waals surface area contributed by atoms with E-state index in [-0.39, 0.29) is 12.1 Å². The topological polar surface area (TPSA) is 47.6 Å². The van der Waals surface area contributed by atoms with Gasteiger partial charge in [0.2, 0.25) is 0 Å². The Labute approximate surface area is 134 Å². The van der Waals surface area contributed by atoms with Crippen molar-refractivity contribution in [1.29, 1.82) is 0 Å². The minimum absolute atomic E-state index is 0.193. The van der Waals surface area contributed by atoms with Gasteiger partial charge in [-0.05, 0) is 37.5 Å². The second-order valence-corrected chi connectivity index (χ2v) is 6.56. The number of carbonyl (C=O) groups excluding carboxylic acids is 1. The third-order valence-corrected chi connectivity index (χ3v) is 4.38. The predicted molar refractivity (Wildman–Crippen MR) is 85.2 cm³/mol. The van der Waals surface area contributed by atoms with Crippen molar-refractivity contribution in [2.75, 3.05) is 20.3 Å². The van der Waals surface area contributed by atoms with Gasteiger partial charge in [0.25, 0.3) is 0 Å². The van der Waals surface area contributed by atoms with Crippen LogP contribution in [0.4, 0.5) is 0 Å². The quantitative estimate of drug-likeness (QED) is 0.797. The third kappa shape index (κ3) is 4.53. The fourth-order valence-electron chi connectivity index (χ4n) is 2.59. The number of rotatable bonds is 6. The van der Waals surface area contributed by atoms with Gasteiger partial charge >= 0.3 is 5.97 Å². The molecule has 2 unspecified atom stereocenters. The second kappa shape index (κ2) is 7.38. The van der Waals surface area contributed by atoms with Gasteiger partial charge in [0, 0.05) is 24.0 Å². The van der Waals surface area contributed by atoms with Crippen molar-refractivity contribution in [2.45, 2.75) is 37.8 Å². The molecule has 1 aliphatic heterocycles. The maximum absolute atomic E-state index is 12.2. The Balaban J connectivity index is 2.04. The van der Waals surface area contributed by atoms with Crippen LogP contribution in [0.3, 0.4) is 0 Å². The zero-order valence-corrected chi connectivity index (χ0v) is 14.1. The van der Waals surface area contributed by atoms with Crippen molar-refractivity contribution in [3.8, 4) is 0 Å². The molecule has 1 aromatic rings. The summed E-state index contributed by atoms with van der Waals surface area (Å²) >= 11 is 3.42. The summed E-state index contributed by atoms with van der Waals surface area (Å²) in [6, 6.07) is 7.98. The van der Waals surface area contributed by atoms with E-state index >= 15 is 0 Å². The number of esters is 1. The molecule has 1 heterocycles. The second-order valence-electron chi connectivity index (χ2n) is 5.64. The van der Waals surface area contributed by atoms with Crippen LogP contribution in [0.5, 0.6) is 0 Å². The van der Waals surface area contributed by atoms with Crippen LogP contribution in [0, 0.1) is 0 Å². The molecule has 116 valence electrons. The lowest BCUT2D eigenvalue weighted by molar-refractivity contribution is -0.148. The lowest BCUT2D eigenvalue weighted by atomic mass is 9.92. The zero-order chi connectivity index (χ0) is 15.3. The van der Waals surface area contributed by atoms with E-state index in [1.54, 1.807) is 0 Å². The standard InChI is InChI=1S/C16H22BrNO3/c1-16(15(19)20-2,18-11-14-4-3-9-21-14)10-12-5-7-13(17)8-6-12/h5-8,14,18H,3-4,9-11H2,1-2H3. The highest BCUT2D eigenvalue weighted by atomic mass is 79.9. The van der Waals surface area contributed by atoms with Crippen LogP contribution in [0.1, 0.15) is 25.3 Å². The number of benzene rings is 1. The van der Waals surface area contributed by atoms with Gasteiger partial charge < -0.3 is 9.47 Å². The normalized spacial score (nSPS) is 21.0. The van der Waals surface area contributed by atoms with Gasteiger partial charge in [-0.1, -0.05) is 28.1 Å². The molecule has 5 heteroatoms. The van der Waals surface area contributed by atoms with Gasteiger partial charge in [0.05, 0.1) is 13.2 Å². The molecule has 0 bridgehead atoms. The highest BCUT2D eigenvalue weighted by molar-refractivity contribution is 9.10. The van der Waals surface area contributed by atoms with E-state index in [4.69, 9.17) is 9.47 Å². The Morgan fingerprint density at radius 1 is 1.48 bits per heavy atom. The van der Waals surface area contributed by atoms with Crippen molar-refractivity contribution < 1.29 is 14.3 Å². The average Bonchev–Trinajstić information content (AvgIpc) is 3.00. The van der Waals surface area contributed by atoms with Gasteiger partial charge in [0.15, 0.2) is 0 Å². The molecule has 0 radical (unpaired) electrons. The Morgan fingerprint density at radius 3 is 2.76 bits per heavy atom. The molecule has 0 aromatic heterocycles. The molecule has 1 N–H and O–H groups in total. The first-order chi connectivity index (χ1) is 10.0. The van der Waals surface area contributed by atoms with Crippen LogP contribution in [0.2, 0.25) is 0 Å². The first-order valence-electron chi connectivity index (χ1n) is 7.23. The number of carbonyl (C=O) groups is 1. The summed E-state index contributed by atoms with van der Waals surface area (Å²) in [6.45, 7) is 3.37. The minimum Gasteiger partial charge on any atom is -0.468 e. The molecule has 4 nitrogen and oxygen atoms in total. The largest absolute Gasteiger partial charge is 0.468 e. The fourth-order valence-corrected chi connectivity index (χ4v) is 2.85. The third-order valence-electron chi connectivity index (χ3n) is 3.85. The lowest BCUT2D eigenvalue weighted by Gasteiger charge is -2.29. The molecule has 0 saturated carbocycles. The molecule has 2 atom stereocenters. The highest BCUT2D eigenvalue weighted by Crippen LogP contribution is 2.19. The number of hydrogen-bond acceptors (Lipinski definition) is 4. The minimum atomic E-state index is -0.742. The molecule has 0 spiro atoms. The molecule has 1 aromatic carbocycles. The SMILES string of the molecule is COC(=O)C(C)(Cc1ccc(Br)cc1)NCC1CCCO1. The van der Waals surface area contributed by atoms with Crippen molar-refractivity contribution in [1.82, 2.24) is 5.32 Å². The maximum Gasteiger partial charge on any atom is 0.326 e. The van der Waals surface area contributed by atoms with Gasteiger partial charge in [-0.25, -0.2) is 0 Å². The summed E-state index contributed by atoms with van der Waals surface area (Å²) in [5.74, 6) is -0.247. The summed E-state index contributed by atoms with van der Waals surface area (Å²) in [5.41, 5.74) is 0.347. The van der Waals surface area contributed by atoms with Crippen molar-refractivity contribution >= 4 is 21.9 Å². The summed E-state index contributed by atoms with van der Waals surface area (Å²) < 4.78 is 11.6. The molecule has 1 aliphatic rings. The number of nitrogens with one attached hydrogen (secondary N) is 1. The van der Waals surface area contributed by atoms with Gasteiger partial charge in [-0.15, -0.1) is 0 Å². The van der Waals surface area contributed by atoms with E-state index in [2.05, 4.69) is 21.2 Å². The van der Waals surface area contributed by atoms with Crippen molar-refractivity contribution in [3.05, 3.63) is 34.3 Å². The monoisotopic (exact) mass is 355 g/mol. The molecule has 2 rings (SSSR count). The Morgan fingerprint density at radius 2 is 2.19 bits per heavy atom. The van der Waals surface area contributed by atoms with Crippen LogP contribution >= 0.6 is 15.9 Å². The molecular formula is C16H22BrNO3. The first kappa shape index (κ1) is 16.5. The van der Waals surface area contributed by atoms with E-state index in [1.165, 1.54) is 7.11 Å². The first-order valence-corrected chi connectivity index (χ1v) is 8.02. The maximum atomic E-state index is 12.2. The van der Waals surface area contributed by atoms with Crippen LogP contribution in [0.15, 0.2) is 28.7 Å². The van der Waals surface area contributed by atoms with E-state index in [0.29, 0.717) is 13.0 Å². The van der Waals surface area contributed by atoms with E-state index < -0.39 is 5.54 Å². The molecule has 0 amide bonds. The van der Waals surface area contributed by atoms with Gasteiger partial charge in [-0.3, -0.25) is 10.1 Å². The van der Waals surface area contributed by atoms with Crippen molar-refractivity contribution in [3.63, 3.8) is 0 Å². The molecule has 1 fully saturated rings. The van der Waals surface area contributed by atoms with Crippen LogP contribution < -0.4 is 5.32 Å². The number of methoxy groups -OCH3 is 1. The molecule has 0 aliphatic carbocycles. The number of halogens is 1. The predicted octanol–water partition coefficient (Wildman–Crippen LogP) is 2.69. The molecule has 21 heavy (non-hydrogen) atoms. The zero-order valence-electron chi connectivity index (χ0n) is 12.5. The number of ether oxygens (including phenoxy) is 2. The Hall–Kier alpha value is -0.910. The lowest BCUT2D eigenvalue weighted by Crippen LogP contribution is -2.54. The van der Waals surface area contributed by atoms with Crippen LogP contribution in [-0.2, 0) is 20.7 Å². The van der Waals surface area contributed by atoms with E-state index in [0.717, 1.165) is 29.5 Å². The molecular weight excluding hydrogens is 334 g/mol. The fraction of sp³-hybridized carbons (Fsp3) is 0.562. The summed E-state index contributed by atoms with van der Waals surface area (Å²) in [4.78, 5) is 12.2.